The normalized spacial score (nSPS) is 13.1. The molecule has 0 unspecified atom stereocenters. The van der Waals surface area contributed by atoms with Crippen molar-refractivity contribution in [2.75, 3.05) is 48.9 Å². The first-order chi connectivity index (χ1) is 32.9. The quantitative estimate of drug-likeness (QED) is 0.0437. The van der Waals surface area contributed by atoms with Gasteiger partial charge in [0.2, 0.25) is 17.8 Å². The fourth-order valence-corrected chi connectivity index (χ4v) is 7.93. The van der Waals surface area contributed by atoms with Crippen LogP contribution >= 0.6 is 0 Å². The van der Waals surface area contributed by atoms with Crippen LogP contribution < -0.4 is 20.3 Å². The molecule has 1 aromatic heterocycles. The number of morpholine rings is 1. The number of rotatable bonds is 14. The minimum Gasteiger partial charge on any atom is -0.507 e. The molecule has 0 aliphatic carbocycles. The number of aromatic nitrogens is 3. The first-order valence-corrected chi connectivity index (χ1v) is 22.4. The third kappa shape index (κ3) is 9.96. The second-order valence-electron chi connectivity index (χ2n) is 15.4. The number of nitrogens with zero attached hydrogens (tertiary/aromatic N) is 8. The molecule has 6 N–H and O–H groups in total. The molecular weight excluding hydrogens is 893 g/mol. The van der Waals surface area contributed by atoms with E-state index in [9.17, 15) is 33.1 Å². The van der Waals surface area contributed by atoms with Gasteiger partial charge in [-0.2, -0.15) is 23.4 Å². The Labute approximate surface area is 387 Å². The number of methoxy groups -OCH3 is 1. The van der Waals surface area contributed by atoms with Gasteiger partial charge in [0.1, 0.15) is 28.6 Å². The van der Waals surface area contributed by atoms with Gasteiger partial charge in [-0.1, -0.05) is 54.6 Å². The van der Waals surface area contributed by atoms with Gasteiger partial charge in [-0.3, -0.25) is 4.55 Å². The molecule has 68 heavy (non-hydrogen) atoms. The van der Waals surface area contributed by atoms with Gasteiger partial charge in [0.25, 0.3) is 10.1 Å². The predicted octanol–water partition coefficient (Wildman–Crippen LogP) is 10.3. The van der Waals surface area contributed by atoms with Gasteiger partial charge >= 0.3 is 5.97 Å². The van der Waals surface area contributed by atoms with E-state index in [-0.39, 0.29) is 56.7 Å². The number of ether oxygens (including phenoxy) is 2. The summed E-state index contributed by atoms with van der Waals surface area (Å²) in [5.74, 6) is -0.386. The maximum Gasteiger partial charge on any atom is 0.335 e. The average molecular weight is 933 g/mol. The summed E-state index contributed by atoms with van der Waals surface area (Å²) < 4.78 is 44.3. The molecule has 8 aromatic rings. The highest BCUT2D eigenvalue weighted by molar-refractivity contribution is 7.85. The van der Waals surface area contributed by atoms with E-state index in [2.05, 4.69) is 41.1 Å². The minimum atomic E-state index is -4.42. The smallest absolute Gasteiger partial charge is 0.335 e. The summed E-state index contributed by atoms with van der Waals surface area (Å²) in [6.45, 7) is 1.85. The fourth-order valence-electron chi connectivity index (χ4n) is 7.45. The van der Waals surface area contributed by atoms with E-state index in [1.165, 1.54) is 31.4 Å². The van der Waals surface area contributed by atoms with Crippen molar-refractivity contribution in [1.82, 2.24) is 15.0 Å². The number of phenolic OH excluding ortho intramolecular Hbond substituents is 2. The lowest BCUT2D eigenvalue weighted by Crippen LogP contribution is -2.37. The number of benzene rings is 7. The second kappa shape index (κ2) is 19.1. The molecule has 0 bridgehead atoms. The van der Waals surface area contributed by atoms with E-state index in [0.29, 0.717) is 66.5 Å². The van der Waals surface area contributed by atoms with Gasteiger partial charge in [0.15, 0.2) is 5.75 Å². The lowest BCUT2D eigenvalue weighted by molar-refractivity contribution is 0.0696. The summed E-state index contributed by atoms with van der Waals surface area (Å²) >= 11 is 0. The molecule has 0 radical (unpaired) electrons. The number of phenols is 2. The van der Waals surface area contributed by atoms with Crippen molar-refractivity contribution in [2.45, 2.75) is 11.3 Å². The molecule has 1 aliphatic rings. The Morgan fingerprint density at radius 1 is 0.721 bits per heavy atom. The number of aromatic hydroxyl groups is 2. The van der Waals surface area contributed by atoms with E-state index in [1.807, 2.05) is 41.3 Å². The van der Waals surface area contributed by atoms with Crippen molar-refractivity contribution in [3.8, 4) is 17.2 Å². The van der Waals surface area contributed by atoms with Gasteiger partial charge < -0.3 is 40.3 Å². The van der Waals surface area contributed by atoms with Crippen LogP contribution in [-0.2, 0) is 21.3 Å². The molecule has 1 saturated heterocycles. The Hall–Kier alpha value is -8.59. The maximum atomic E-state index is 11.7. The van der Waals surface area contributed by atoms with E-state index in [1.54, 1.807) is 66.7 Å². The van der Waals surface area contributed by atoms with Gasteiger partial charge in [-0.15, -0.1) is 20.5 Å². The van der Waals surface area contributed by atoms with Crippen molar-refractivity contribution in [1.29, 1.82) is 0 Å². The fraction of sp³-hybridized carbons (Fsp3) is 0.125. The van der Waals surface area contributed by atoms with Gasteiger partial charge in [0.05, 0.1) is 47.5 Å². The molecule has 1 aliphatic heterocycles. The Morgan fingerprint density at radius 2 is 1.38 bits per heavy atom. The van der Waals surface area contributed by atoms with E-state index in [0.717, 1.165) is 21.9 Å². The topological polar surface area (TPSA) is 266 Å². The Morgan fingerprint density at radius 3 is 2.10 bits per heavy atom. The van der Waals surface area contributed by atoms with Crippen molar-refractivity contribution in [3.63, 3.8) is 0 Å². The summed E-state index contributed by atoms with van der Waals surface area (Å²) in [6.07, 6.45) is 0.496. The minimum absolute atomic E-state index is 0.0256. The number of carboxylic acids is 1. The average Bonchev–Trinajstić information content (AvgIpc) is 3.34. The van der Waals surface area contributed by atoms with Crippen LogP contribution in [0.15, 0.2) is 153 Å². The summed E-state index contributed by atoms with van der Waals surface area (Å²) in [6, 6.07) is 34.8. The van der Waals surface area contributed by atoms with Crippen LogP contribution in [0.4, 0.5) is 52.0 Å². The van der Waals surface area contributed by atoms with Crippen LogP contribution in [0, 0.1) is 0 Å². The first-order valence-electron chi connectivity index (χ1n) is 20.9. The largest absolute Gasteiger partial charge is 0.507 e. The van der Waals surface area contributed by atoms with Crippen molar-refractivity contribution >= 4 is 89.6 Å². The zero-order valence-electron chi connectivity index (χ0n) is 36.0. The number of nitrogens with one attached hydrogen (secondary N) is 2. The number of aromatic carboxylic acids is 1. The van der Waals surface area contributed by atoms with Crippen LogP contribution in [0.2, 0.25) is 0 Å². The van der Waals surface area contributed by atoms with Crippen molar-refractivity contribution in [2.24, 2.45) is 20.5 Å². The lowest BCUT2D eigenvalue weighted by Gasteiger charge is -2.27. The molecule has 342 valence electrons. The number of hydrogen-bond acceptors (Lipinski definition) is 17. The van der Waals surface area contributed by atoms with Crippen LogP contribution in [0.3, 0.4) is 0 Å². The van der Waals surface area contributed by atoms with Crippen LogP contribution in [0.1, 0.15) is 21.5 Å². The predicted molar refractivity (Wildman–Crippen MR) is 254 cm³/mol. The zero-order chi connectivity index (χ0) is 47.4. The van der Waals surface area contributed by atoms with Gasteiger partial charge in [-0.05, 0) is 95.1 Å². The van der Waals surface area contributed by atoms with Gasteiger partial charge in [0, 0.05) is 30.2 Å². The summed E-state index contributed by atoms with van der Waals surface area (Å²) in [5.41, 5.74) is 3.71. The summed E-state index contributed by atoms with van der Waals surface area (Å²) in [7, 11) is -2.97. The monoisotopic (exact) mass is 932 g/mol. The van der Waals surface area contributed by atoms with E-state index >= 15 is 0 Å². The van der Waals surface area contributed by atoms with Crippen molar-refractivity contribution in [3.05, 3.63) is 144 Å². The lowest BCUT2D eigenvalue weighted by atomic mass is 9.99. The molecule has 7 aromatic carbocycles. The number of fused-ring (bicyclic) bond motifs is 2. The second-order valence-corrected chi connectivity index (χ2v) is 16.8. The standard InChI is InChI=1S/C48H40N10O9S/c1-66-42-27-39(56-54-36-6-2-4-31-5-3-7-41(59)43(31)36)38(50-47-51-46(52-48(53-47)58-20-22-67-23-21-58)49-33-15-17-34(18-16-33)68(63,64)65)26-40(42)57-55-37-19-14-30-11-10-29(25-35(30)44(37)60)24-28-8-12-32(13-9-28)45(61)62/h2-19,25-27,59-60H,20-24H2,1H3,(H,61,62)(H,63,64,65)(H2,49,50,51,52,53). The van der Waals surface area contributed by atoms with E-state index in [4.69, 9.17) is 14.5 Å². The molecular formula is C48H40N10O9S. The van der Waals surface area contributed by atoms with Crippen LogP contribution in [-0.4, -0.2) is 82.6 Å². The Bertz CT molecular complexity index is 3380. The molecule has 19 nitrogen and oxygen atoms in total. The van der Waals surface area contributed by atoms with Crippen LogP contribution in [0.5, 0.6) is 17.2 Å². The molecule has 2 heterocycles. The SMILES string of the molecule is COc1cc(N=Nc2cccc3cccc(O)c23)c(Nc2nc(Nc3ccc(S(=O)(=O)O)cc3)nc(N3CCOCC3)n2)cc1N=Nc1ccc2ccc(Cc3ccc(C(=O)O)cc3)cc2c1O. The Kier molecular flexibility index (Phi) is 12.5. The third-order valence-electron chi connectivity index (χ3n) is 10.9. The molecule has 20 heteroatoms. The number of azo groups is 2. The third-order valence-corrected chi connectivity index (χ3v) is 11.8. The highest BCUT2D eigenvalue weighted by Crippen LogP contribution is 2.43. The number of carbonyl (C=O) groups is 1. The Balaban J connectivity index is 1.10. The number of carboxylic acid groups (broad SMARTS) is 1. The molecule has 9 rings (SSSR count). The highest BCUT2D eigenvalue weighted by Gasteiger charge is 2.20. The maximum absolute atomic E-state index is 11.7. The molecule has 0 amide bonds. The van der Waals surface area contributed by atoms with Crippen LogP contribution in [0.25, 0.3) is 21.5 Å². The van der Waals surface area contributed by atoms with Gasteiger partial charge in [-0.25, -0.2) is 4.79 Å². The zero-order valence-corrected chi connectivity index (χ0v) is 36.8. The molecule has 0 saturated carbocycles. The summed E-state index contributed by atoms with van der Waals surface area (Å²) in [4.78, 5) is 27.0. The molecule has 0 spiro atoms. The number of hydrogen-bond donors (Lipinski definition) is 6. The molecule has 1 fully saturated rings. The highest BCUT2D eigenvalue weighted by atomic mass is 32.2. The van der Waals surface area contributed by atoms with E-state index < -0.39 is 16.1 Å². The number of anilines is 5. The first kappa shape index (κ1) is 44.6. The molecule has 0 atom stereocenters. The van der Waals surface area contributed by atoms with Crippen molar-refractivity contribution < 1.29 is 42.6 Å². The summed E-state index contributed by atoms with van der Waals surface area (Å²) in [5, 5.41) is 58.6.